The molecule has 0 spiro atoms. The standard InChI is InChI=1S/C23H23ClFN7O2/c1-2-34-19-13-18(17(25)12-16(19)24)30-8-10-31(11-9-30)20(33)14-32-23-15(4-3-5-28-23)21(29-32)22-26-6-7-27-22/h3-7,12-13H,2,8-11,14H2,1H3,(H,26,27). The highest BCUT2D eigenvalue weighted by Crippen LogP contribution is 2.33. The van der Waals surface area contributed by atoms with Crippen molar-refractivity contribution in [2.75, 3.05) is 37.7 Å². The number of aromatic amines is 1. The summed E-state index contributed by atoms with van der Waals surface area (Å²) >= 11 is 6.08. The lowest BCUT2D eigenvalue weighted by molar-refractivity contribution is -0.132. The van der Waals surface area contributed by atoms with Crippen LogP contribution in [-0.4, -0.2) is 68.3 Å². The van der Waals surface area contributed by atoms with Crippen LogP contribution in [0.5, 0.6) is 5.75 Å². The molecule has 1 aromatic carbocycles. The zero-order chi connectivity index (χ0) is 23.7. The Morgan fingerprint density at radius 3 is 2.76 bits per heavy atom. The number of hydrogen-bond acceptors (Lipinski definition) is 6. The highest BCUT2D eigenvalue weighted by molar-refractivity contribution is 6.32. The molecular weight excluding hydrogens is 461 g/mol. The van der Waals surface area contributed by atoms with Gasteiger partial charge in [0.15, 0.2) is 11.5 Å². The van der Waals surface area contributed by atoms with E-state index in [4.69, 9.17) is 16.3 Å². The van der Waals surface area contributed by atoms with Crippen molar-refractivity contribution in [2.45, 2.75) is 13.5 Å². The van der Waals surface area contributed by atoms with Crippen LogP contribution in [0.1, 0.15) is 6.92 Å². The van der Waals surface area contributed by atoms with Gasteiger partial charge < -0.3 is 19.5 Å². The largest absolute Gasteiger partial charge is 0.492 e. The van der Waals surface area contributed by atoms with Crippen molar-refractivity contribution in [3.05, 3.63) is 53.7 Å². The average Bonchev–Trinajstić information content (AvgIpc) is 3.50. The quantitative estimate of drug-likeness (QED) is 0.452. The van der Waals surface area contributed by atoms with Gasteiger partial charge in [-0.15, -0.1) is 0 Å². The van der Waals surface area contributed by atoms with Crippen LogP contribution in [0.25, 0.3) is 22.6 Å². The van der Waals surface area contributed by atoms with Crippen LogP contribution in [-0.2, 0) is 11.3 Å². The molecule has 4 aromatic rings. The van der Waals surface area contributed by atoms with E-state index in [0.29, 0.717) is 61.4 Å². The number of nitrogens with one attached hydrogen (secondary N) is 1. The SMILES string of the molecule is CCOc1cc(N2CCN(C(=O)Cn3nc(-c4ncc[nH]4)c4cccnc43)CC2)c(F)cc1Cl. The van der Waals surface area contributed by atoms with Gasteiger partial charge in [0.1, 0.15) is 23.8 Å². The van der Waals surface area contributed by atoms with E-state index in [1.54, 1.807) is 34.2 Å². The van der Waals surface area contributed by atoms with Crippen molar-refractivity contribution in [1.82, 2.24) is 29.6 Å². The van der Waals surface area contributed by atoms with Crippen molar-refractivity contribution in [3.63, 3.8) is 0 Å². The molecule has 0 radical (unpaired) electrons. The van der Waals surface area contributed by atoms with Crippen molar-refractivity contribution in [3.8, 4) is 17.3 Å². The third kappa shape index (κ3) is 4.16. The number of halogens is 2. The first-order chi connectivity index (χ1) is 16.5. The molecule has 1 N–H and O–H groups in total. The number of benzene rings is 1. The van der Waals surface area contributed by atoms with Crippen LogP contribution in [0.2, 0.25) is 5.02 Å². The van der Waals surface area contributed by atoms with Gasteiger partial charge in [-0.05, 0) is 25.1 Å². The highest BCUT2D eigenvalue weighted by Gasteiger charge is 2.25. The molecule has 0 saturated carbocycles. The molecule has 1 aliphatic heterocycles. The first-order valence-electron chi connectivity index (χ1n) is 11.0. The minimum atomic E-state index is -0.409. The Bertz CT molecular complexity index is 1320. The maximum absolute atomic E-state index is 14.6. The molecule has 0 bridgehead atoms. The van der Waals surface area contributed by atoms with Crippen LogP contribution in [0.15, 0.2) is 42.9 Å². The lowest BCUT2D eigenvalue weighted by atomic mass is 10.2. The van der Waals surface area contributed by atoms with Crippen LogP contribution in [0.3, 0.4) is 0 Å². The van der Waals surface area contributed by atoms with E-state index >= 15 is 0 Å². The average molecular weight is 484 g/mol. The Morgan fingerprint density at radius 2 is 2.03 bits per heavy atom. The number of H-pyrrole nitrogens is 1. The summed E-state index contributed by atoms with van der Waals surface area (Å²) in [7, 11) is 0. The summed E-state index contributed by atoms with van der Waals surface area (Å²) in [5, 5.41) is 5.66. The van der Waals surface area contributed by atoms with Gasteiger partial charge in [0.05, 0.1) is 22.7 Å². The third-order valence-corrected chi connectivity index (χ3v) is 6.08. The van der Waals surface area contributed by atoms with Gasteiger partial charge in [0.2, 0.25) is 5.91 Å². The molecule has 5 rings (SSSR count). The van der Waals surface area contributed by atoms with Gasteiger partial charge >= 0.3 is 0 Å². The smallest absolute Gasteiger partial charge is 0.244 e. The van der Waals surface area contributed by atoms with Crippen LogP contribution in [0, 0.1) is 5.82 Å². The predicted octanol–water partition coefficient (Wildman–Crippen LogP) is 3.36. The van der Waals surface area contributed by atoms with E-state index in [0.717, 1.165) is 5.39 Å². The Kier molecular flexibility index (Phi) is 6.06. The molecule has 4 heterocycles. The molecule has 34 heavy (non-hydrogen) atoms. The van der Waals surface area contributed by atoms with Crippen molar-refractivity contribution >= 4 is 34.2 Å². The highest BCUT2D eigenvalue weighted by atomic mass is 35.5. The molecular formula is C23H23ClFN7O2. The first-order valence-corrected chi connectivity index (χ1v) is 11.4. The summed E-state index contributed by atoms with van der Waals surface area (Å²) in [6.45, 7) is 4.24. The van der Waals surface area contributed by atoms with Crippen molar-refractivity contribution in [1.29, 1.82) is 0 Å². The van der Waals surface area contributed by atoms with E-state index in [1.165, 1.54) is 6.07 Å². The Labute approximate surface area is 200 Å². The third-order valence-electron chi connectivity index (χ3n) is 5.79. The number of carbonyl (C=O) groups excluding carboxylic acids is 1. The maximum atomic E-state index is 14.6. The molecule has 1 saturated heterocycles. The number of ether oxygens (including phenoxy) is 1. The number of nitrogens with zero attached hydrogens (tertiary/aromatic N) is 6. The number of pyridine rings is 1. The molecule has 0 aliphatic carbocycles. The zero-order valence-corrected chi connectivity index (χ0v) is 19.3. The lowest BCUT2D eigenvalue weighted by Crippen LogP contribution is -2.50. The van der Waals surface area contributed by atoms with Gasteiger partial charge in [-0.2, -0.15) is 5.10 Å². The number of anilines is 1. The number of hydrogen-bond donors (Lipinski definition) is 1. The molecule has 176 valence electrons. The number of fused-ring (bicyclic) bond motifs is 1. The van der Waals surface area contributed by atoms with E-state index in [2.05, 4.69) is 20.1 Å². The van der Waals surface area contributed by atoms with E-state index in [1.807, 2.05) is 24.0 Å². The number of carbonyl (C=O) groups is 1. The van der Waals surface area contributed by atoms with Gasteiger partial charge in [-0.25, -0.2) is 19.0 Å². The van der Waals surface area contributed by atoms with Gasteiger partial charge in [-0.3, -0.25) is 4.79 Å². The number of imidazole rings is 1. The number of piperazine rings is 1. The number of aromatic nitrogens is 5. The molecule has 3 aromatic heterocycles. The summed E-state index contributed by atoms with van der Waals surface area (Å²) in [6, 6.07) is 6.63. The number of rotatable bonds is 6. The molecule has 1 aliphatic rings. The van der Waals surface area contributed by atoms with Crippen molar-refractivity contribution < 1.29 is 13.9 Å². The monoisotopic (exact) mass is 483 g/mol. The fourth-order valence-corrected chi connectivity index (χ4v) is 4.35. The zero-order valence-electron chi connectivity index (χ0n) is 18.5. The Morgan fingerprint density at radius 1 is 1.21 bits per heavy atom. The second-order valence-corrected chi connectivity index (χ2v) is 8.26. The predicted molar refractivity (Wildman–Crippen MR) is 126 cm³/mol. The van der Waals surface area contributed by atoms with Crippen LogP contribution in [0.4, 0.5) is 10.1 Å². The van der Waals surface area contributed by atoms with Crippen molar-refractivity contribution in [2.24, 2.45) is 0 Å². The minimum Gasteiger partial charge on any atom is -0.492 e. The summed E-state index contributed by atoms with van der Waals surface area (Å²) in [4.78, 5) is 28.5. The summed E-state index contributed by atoms with van der Waals surface area (Å²) in [5.41, 5.74) is 1.69. The fourth-order valence-electron chi connectivity index (χ4n) is 4.14. The first kappa shape index (κ1) is 22.1. The van der Waals surface area contributed by atoms with Crippen LogP contribution >= 0.6 is 11.6 Å². The minimum absolute atomic E-state index is 0.0536. The molecule has 11 heteroatoms. The lowest BCUT2D eigenvalue weighted by Gasteiger charge is -2.36. The van der Waals surface area contributed by atoms with Gasteiger partial charge in [0, 0.05) is 50.8 Å². The van der Waals surface area contributed by atoms with E-state index in [9.17, 15) is 9.18 Å². The van der Waals surface area contributed by atoms with Gasteiger partial charge in [0.25, 0.3) is 0 Å². The normalized spacial score (nSPS) is 14.1. The summed E-state index contributed by atoms with van der Waals surface area (Å²) in [6.07, 6.45) is 5.05. The van der Waals surface area contributed by atoms with E-state index in [-0.39, 0.29) is 17.5 Å². The second-order valence-electron chi connectivity index (χ2n) is 7.85. The summed E-state index contributed by atoms with van der Waals surface area (Å²) in [5.74, 6) is 0.582. The van der Waals surface area contributed by atoms with Gasteiger partial charge in [-0.1, -0.05) is 11.6 Å². The van der Waals surface area contributed by atoms with Crippen LogP contribution < -0.4 is 9.64 Å². The summed E-state index contributed by atoms with van der Waals surface area (Å²) < 4.78 is 21.7. The topological polar surface area (TPSA) is 92.2 Å². The maximum Gasteiger partial charge on any atom is 0.244 e. The Hall–Kier alpha value is -3.66. The molecule has 0 atom stereocenters. The second kappa shape index (κ2) is 9.30. The Balaban J connectivity index is 1.30. The molecule has 0 unspecified atom stereocenters. The molecule has 1 fully saturated rings. The number of amides is 1. The fraction of sp³-hybridized carbons (Fsp3) is 0.304. The van der Waals surface area contributed by atoms with E-state index < -0.39 is 5.82 Å². The molecule has 1 amide bonds. The molecule has 9 nitrogen and oxygen atoms in total.